The summed E-state index contributed by atoms with van der Waals surface area (Å²) in [5.41, 5.74) is 3.73. The maximum atomic E-state index is 4.29. The number of aromatic nitrogens is 2. The zero-order valence-corrected chi connectivity index (χ0v) is 11.0. The van der Waals surface area contributed by atoms with Crippen LogP contribution in [0.2, 0.25) is 0 Å². The van der Waals surface area contributed by atoms with Crippen LogP contribution in [0.1, 0.15) is 29.8 Å². The molecule has 1 heterocycles. The summed E-state index contributed by atoms with van der Waals surface area (Å²) in [7, 11) is 1.96. The Morgan fingerprint density at radius 1 is 1.24 bits per heavy atom. The lowest BCUT2D eigenvalue weighted by Crippen LogP contribution is -2.19. The summed E-state index contributed by atoms with van der Waals surface area (Å²) in [4.78, 5) is 0. The number of nitrogens with one attached hydrogen (secondary N) is 1. The summed E-state index contributed by atoms with van der Waals surface area (Å²) in [6, 6.07) is 9.04. The summed E-state index contributed by atoms with van der Waals surface area (Å²) in [5, 5.41) is 3.29. The van der Waals surface area contributed by atoms with E-state index in [9.17, 15) is 0 Å². The second-order valence-corrected chi connectivity index (χ2v) is 4.60. The minimum Gasteiger partial charge on any atom is -0.311 e. The maximum absolute atomic E-state index is 4.29. The second-order valence-electron chi connectivity index (χ2n) is 4.05. The Morgan fingerprint density at radius 2 is 1.94 bits per heavy atom. The topological polar surface area (TPSA) is 37.8 Å². The molecule has 0 amide bonds. The summed E-state index contributed by atoms with van der Waals surface area (Å²) < 4.78 is 8.34. The fraction of sp³-hybridized carbons (Fsp3) is 0.385. The first kappa shape index (κ1) is 12.2. The third kappa shape index (κ3) is 3.11. The molecule has 2 rings (SSSR count). The predicted molar refractivity (Wildman–Crippen MR) is 71.2 cm³/mol. The minimum atomic E-state index is 0.251. The first-order valence-corrected chi connectivity index (χ1v) is 6.59. The molecule has 0 aliphatic heterocycles. The zero-order valence-electron chi connectivity index (χ0n) is 10.2. The molecule has 0 fully saturated rings. The largest absolute Gasteiger partial charge is 0.311 e. The molecule has 1 N–H and O–H groups in total. The van der Waals surface area contributed by atoms with Crippen molar-refractivity contribution in [1.29, 1.82) is 0 Å². The average Bonchev–Trinajstić information content (AvgIpc) is 2.90. The molecule has 1 unspecified atom stereocenters. The van der Waals surface area contributed by atoms with Crippen molar-refractivity contribution in [3.63, 3.8) is 0 Å². The highest BCUT2D eigenvalue weighted by Crippen LogP contribution is 2.17. The van der Waals surface area contributed by atoms with Gasteiger partial charge in [-0.1, -0.05) is 31.2 Å². The molecular weight excluding hydrogens is 230 g/mol. The highest BCUT2D eigenvalue weighted by Gasteiger charge is 2.12. The Morgan fingerprint density at radius 3 is 2.47 bits per heavy atom. The van der Waals surface area contributed by atoms with Gasteiger partial charge in [-0.3, -0.25) is 0 Å². The first-order chi connectivity index (χ1) is 8.33. The monoisotopic (exact) mass is 247 g/mol. The van der Waals surface area contributed by atoms with E-state index >= 15 is 0 Å². The van der Waals surface area contributed by atoms with Crippen LogP contribution in [0.4, 0.5) is 0 Å². The van der Waals surface area contributed by atoms with Crippen LogP contribution < -0.4 is 5.32 Å². The third-order valence-corrected chi connectivity index (χ3v) is 3.45. The van der Waals surface area contributed by atoms with Gasteiger partial charge in [0.1, 0.15) is 0 Å². The fourth-order valence-electron chi connectivity index (χ4n) is 1.83. The number of benzene rings is 1. The molecule has 0 spiro atoms. The standard InChI is InChI=1S/C13H17N3S/c1-3-10-4-6-11(7-5-10)8-12(14-2)13-9-15-17-16-13/h4-7,9,12,14H,3,8H2,1-2H3. The van der Waals surface area contributed by atoms with Crippen LogP contribution in [0.3, 0.4) is 0 Å². The van der Waals surface area contributed by atoms with E-state index in [-0.39, 0.29) is 6.04 Å². The van der Waals surface area contributed by atoms with Crippen molar-refractivity contribution < 1.29 is 0 Å². The highest BCUT2D eigenvalue weighted by molar-refractivity contribution is 6.99. The van der Waals surface area contributed by atoms with Gasteiger partial charge in [0.25, 0.3) is 0 Å². The van der Waals surface area contributed by atoms with E-state index in [1.165, 1.54) is 22.9 Å². The van der Waals surface area contributed by atoms with Crippen LogP contribution in [-0.2, 0) is 12.8 Å². The quantitative estimate of drug-likeness (QED) is 0.882. The first-order valence-electron chi connectivity index (χ1n) is 5.86. The number of hydrogen-bond acceptors (Lipinski definition) is 4. The van der Waals surface area contributed by atoms with Crippen molar-refractivity contribution >= 4 is 11.7 Å². The van der Waals surface area contributed by atoms with Crippen molar-refractivity contribution in [2.24, 2.45) is 0 Å². The molecular formula is C13H17N3S. The van der Waals surface area contributed by atoms with Crippen LogP contribution >= 0.6 is 11.7 Å². The molecule has 0 aliphatic rings. The van der Waals surface area contributed by atoms with Gasteiger partial charge in [0.2, 0.25) is 0 Å². The summed E-state index contributed by atoms with van der Waals surface area (Å²) in [6.45, 7) is 2.17. The van der Waals surface area contributed by atoms with Crippen LogP contribution in [0.5, 0.6) is 0 Å². The van der Waals surface area contributed by atoms with E-state index in [2.05, 4.69) is 45.3 Å². The van der Waals surface area contributed by atoms with Crippen LogP contribution in [0.25, 0.3) is 0 Å². The number of nitrogens with zero attached hydrogens (tertiary/aromatic N) is 2. The lowest BCUT2D eigenvalue weighted by Gasteiger charge is -2.13. The van der Waals surface area contributed by atoms with Crippen LogP contribution in [0, 0.1) is 0 Å². The molecule has 90 valence electrons. The third-order valence-electron chi connectivity index (χ3n) is 2.95. The number of rotatable bonds is 5. The van der Waals surface area contributed by atoms with Crippen molar-refractivity contribution in [3.8, 4) is 0 Å². The number of aryl methyl sites for hydroxylation is 1. The molecule has 0 bridgehead atoms. The lowest BCUT2D eigenvalue weighted by molar-refractivity contribution is 0.580. The smallest absolute Gasteiger partial charge is 0.0915 e. The molecule has 0 radical (unpaired) electrons. The number of likely N-dealkylation sites (N-methyl/N-ethyl adjacent to an activating group) is 1. The molecule has 2 aromatic rings. The van der Waals surface area contributed by atoms with E-state index in [0.29, 0.717) is 0 Å². The molecule has 1 atom stereocenters. The van der Waals surface area contributed by atoms with Gasteiger partial charge in [0.05, 0.1) is 29.7 Å². The molecule has 1 aromatic carbocycles. The Kier molecular flexibility index (Phi) is 4.23. The molecule has 0 saturated carbocycles. The Bertz CT molecular complexity index is 436. The van der Waals surface area contributed by atoms with E-state index in [0.717, 1.165) is 18.5 Å². The fourth-order valence-corrected chi connectivity index (χ4v) is 2.30. The Labute approximate surface area is 106 Å². The van der Waals surface area contributed by atoms with Gasteiger partial charge >= 0.3 is 0 Å². The van der Waals surface area contributed by atoms with Gasteiger partial charge in [-0.15, -0.1) is 0 Å². The number of hydrogen-bond donors (Lipinski definition) is 1. The van der Waals surface area contributed by atoms with E-state index in [1.807, 2.05) is 13.2 Å². The van der Waals surface area contributed by atoms with Crippen LogP contribution in [-0.4, -0.2) is 15.8 Å². The van der Waals surface area contributed by atoms with E-state index < -0.39 is 0 Å². The van der Waals surface area contributed by atoms with Crippen LogP contribution in [0.15, 0.2) is 30.5 Å². The van der Waals surface area contributed by atoms with Gasteiger partial charge in [-0.2, -0.15) is 8.75 Å². The maximum Gasteiger partial charge on any atom is 0.0915 e. The van der Waals surface area contributed by atoms with E-state index in [1.54, 1.807) is 0 Å². The van der Waals surface area contributed by atoms with Crippen molar-refractivity contribution in [2.45, 2.75) is 25.8 Å². The van der Waals surface area contributed by atoms with Gasteiger partial charge in [-0.25, -0.2) is 0 Å². The van der Waals surface area contributed by atoms with Gasteiger partial charge in [-0.05, 0) is 31.0 Å². The normalized spacial score (nSPS) is 12.6. The second kappa shape index (κ2) is 5.89. The summed E-state index contributed by atoms with van der Waals surface area (Å²) in [5.74, 6) is 0. The van der Waals surface area contributed by atoms with Crippen molar-refractivity contribution in [2.75, 3.05) is 7.05 Å². The summed E-state index contributed by atoms with van der Waals surface area (Å²) in [6.07, 6.45) is 3.88. The minimum absolute atomic E-state index is 0.251. The molecule has 1 aromatic heterocycles. The van der Waals surface area contributed by atoms with Gasteiger partial charge in [0, 0.05) is 0 Å². The highest BCUT2D eigenvalue weighted by atomic mass is 32.1. The zero-order chi connectivity index (χ0) is 12.1. The van der Waals surface area contributed by atoms with Gasteiger partial charge < -0.3 is 5.32 Å². The lowest BCUT2D eigenvalue weighted by atomic mass is 10.0. The molecule has 0 aliphatic carbocycles. The SMILES string of the molecule is CCc1ccc(CC(NC)c2cnsn2)cc1. The Balaban J connectivity index is 2.07. The molecule has 17 heavy (non-hydrogen) atoms. The van der Waals surface area contributed by atoms with E-state index in [4.69, 9.17) is 0 Å². The Hall–Kier alpha value is -1.26. The summed E-state index contributed by atoms with van der Waals surface area (Å²) >= 11 is 1.26. The molecule has 4 heteroatoms. The molecule has 0 saturated heterocycles. The predicted octanol–water partition coefficient (Wildman–Crippen LogP) is 2.60. The van der Waals surface area contributed by atoms with Crippen molar-refractivity contribution in [3.05, 3.63) is 47.3 Å². The van der Waals surface area contributed by atoms with Gasteiger partial charge in [0.15, 0.2) is 0 Å². The average molecular weight is 247 g/mol. The van der Waals surface area contributed by atoms with Crippen molar-refractivity contribution in [1.82, 2.24) is 14.1 Å². The molecule has 3 nitrogen and oxygen atoms in total.